The van der Waals surface area contributed by atoms with Crippen LogP contribution in [0.5, 0.6) is 0 Å². The Bertz CT molecular complexity index is 720. The molecule has 1 atom stereocenters. The van der Waals surface area contributed by atoms with Crippen LogP contribution >= 0.6 is 27.3 Å². The first-order valence-corrected chi connectivity index (χ1v) is 8.62. The molecule has 1 nitrogen and oxygen atoms in total. The molecule has 2 aromatic heterocycles. The molecule has 1 aromatic carbocycles. The van der Waals surface area contributed by atoms with Gasteiger partial charge in [-0.05, 0) is 35.6 Å². The number of hydrogen-bond donors (Lipinski definition) is 0. The van der Waals surface area contributed by atoms with Gasteiger partial charge in [-0.2, -0.15) is 0 Å². The highest BCUT2D eigenvalue weighted by Crippen LogP contribution is 2.33. The zero-order chi connectivity index (χ0) is 13.9. The van der Waals surface area contributed by atoms with Crippen molar-refractivity contribution < 1.29 is 0 Å². The van der Waals surface area contributed by atoms with Crippen LogP contribution < -0.4 is 0 Å². The van der Waals surface area contributed by atoms with Crippen molar-refractivity contribution in [3.8, 4) is 0 Å². The molecular formula is C17H16BrNS. The Labute approximate surface area is 131 Å². The lowest BCUT2D eigenvalue weighted by atomic mass is 10.1. The van der Waals surface area contributed by atoms with Crippen molar-refractivity contribution in [2.75, 3.05) is 0 Å². The fraction of sp³-hybridized carbons (Fsp3) is 0.235. The van der Waals surface area contributed by atoms with E-state index < -0.39 is 0 Å². The van der Waals surface area contributed by atoms with Gasteiger partial charge < -0.3 is 0 Å². The number of nitrogens with zero attached hydrogens (tertiary/aromatic N) is 1. The molecule has 0 amide bonds. The van der Waals surface area contributed by atoms with Gasteiger partial charge in [-0.25, -0.2) is 0 Å². The molecule has 0 bridgehead atoms. The van der Waals surface area contributed by atoms with Crippen molar-refractivity contribution in [2.45, 2.75) is 24.6 Å². The topological polar surface area (TPSA) is 12.9 Å². The second kappa shape index (κ2) is 6.06. The molecule has 3 rings (SSSR count). The van der Waals surface area contributed by atoms with Gasteiger partial charge in [0.05, 0.1) is 10.3 Å². The highest BCUT2D eigenvalue weighted by atomic mass is 79.9. The summed E-state index contributed by atoms with van der Waals surface area (Å²) in [5.74, 6) is 0. The maximum atomic E-state index is 4.76. The molecule has 0 saturated heterocycles. The van der Waals surface area contributed by atoms with Crippen molar-refractivity contribution in [2.24, 2.45) is 0 Å². The number of hydrogen-bond acceptors (Lipinski definition) is 2. The van der Waals surface area contributed by atoms with E-state index in [-0.39, 0.29) is 0 Å². The third kappa shape index (κ3) is 2.79. The van der Waals surface area contributed by atoms with E-state index in [0.29, 0.717) is 4.83 Å². The number of alkyl halides is 1. The molecule has 3 heteroatoms. The maximum Gasteiger partial charge on any atom is 0.0705 e. The lowest BCUT2D eigenvalue weighted by Gasteiger charge is -2.10. The van der Waals surface area contributed by atoms with E-state index in [9.17, 15) is 0 Å². The molecular weight excluding hydrogens is 330 g/mol. The van der Waals surface area contributed by atoms with Crippen molar-refractivity contribution >= 4 is 38.2 Å². The molecule has 0 saturated carbocycles. The first-order chi connectivity index (χ1) is 9.78. The van der Waals surface area contributed by atoms with Gasteiger partial charge in [-0.3, -0.25) is 4.98 Å². The lowest BCUT2D eigenvalue weighted by molar-refractivity contribution is 0.913. The summed E-state index contributed by atoms with van der Waals surface area (Å²) in [5.41, 5.74) is 3.66. The third-order valence-electron chi connectivity index (χ3n) is 3.49. The number of aryl methyl sites for hydroxylation is 1. The summed E-state index contributed by atoms with van der Waals surface area (Å²) in [6.07, 6.45) is 2.02. The number of thiophene rings is 1. The number of rotatable bonds is 4. The summed E-state index contributed by atoms with van der Waals surface area (Å²) in [7, 11) is 0. The minimum absolute atomic E-state index is 0.353. The Morgan fingerprint density at radius 2 is 2.00 bits per heavy atom. The van der Waals surface area contributed by atoms with Crippen molar-refractivity contribution in [1.29, 1.82) is 0 Å². The van der Waals surface area contributed by atoms with Gasteiger partial charge in [-0.15, -0.1) is 11.3 Å². The van der Waals surface area contributed by atoms with Gasteiger partial charge in [0.2, 0.25) is 0 Å². The van der Waals surface area contributed by atoms with Crippen LogP contribution in [0.25, 0.3) is 10.9 Å². The zero-order valence-corrected chi connectivity index (χ0v) is 13.7. The molecule has 0 spiro atoms. The van der Waals surface area contributed by atoms with Crippen LogP contribution in [-0.2, 0) is 12.8 Å². The van der Waals surface area contributed by atoms with Gasteiger partial charge in [0.25, 0.3) is 0 Å². The standard InChI is InChI=1S/C17H16BrNS/c1-2-12-9-10-20-17(12)15(18)11-14-8-7-13-5-3-4-6-16(13)19-14/h3-10,15H,2,11H2,1H3. The van der Waals surface area contributed by atoms with E-state index >= 15 is 0 Å². The van der Waals surface area contributed by atoms with Crippen LogP contribution in [0.3, 0.4) is 0 Å². The first-order valence-electron chi connectivity index (χ1n) is 6.83. The molecule has 3 aromatic rings. The molecule has 1 unspecified atom stereocenters. The monoisotopic (exact) mass is 345 g/mol. The number of para-hydroxylation sites is 1. The fourth-order valence-electron chi connectivity index (χ4n) is 2.41. The molecule has 2 heterocycles. The molecule has 0 aliphatic heterocycles. The molecule has 0 radical (unpaired) electrons. The average molecular weight is 346 g/mol. The molecule has 0 N–H and O–H groups in total. The number of aromatic nitrogens is 1. The number of halogens is 1. The summed E-state index contributed by atoms with van der Waals surface area (Å²) >= 11 is 5.66. The minimum Gasteiger partial charge on any atom is -0.253 e. The van der Waals surface area contributed by atoms with E-state index in [1.54, 1.807) is 0 Å². The summed E-state index contributed by atoms with van der Waals surface area (Å²) in [4.78, 5) is 6.54. The van der Waals surface area contributed by atoms with E-state index in [0.717, 1.165) is 24.1 Å². The predicted molar refractivity (Wildman–Crippen MR) is 90.8 cm³/mol. The highest BCUT2D eigenvalue weighted by Gasteiger charge is 2.14. The Kier molecular flexibility index (Phi) is 4.18. The Hall–Kier alpha value is -1.19. The van der Waals surface area contributed by atoms with Crippen LogP contribution in [0.2, 0.25) is 0 Å². The normalized spacial score (nSPS) is 12.7. The summed E-state index contributed by atoms with van der Waals surface area (Å²) in [5, 5.41) is 3.38. The van der Waals surface area contributed by atoms with Crippen molar-refractivity contribution in [1.82, 2.24) is 4.98 Å². The highest BCUT2D eigenvalue weighted by molar-refractivity contribution is 9.09. The SMILES string of the molecule is CCc1ccsc1C(Br)Cc1ccc2ccccc2n1. The summed E-state index contributed by atoms with van der Waals surface area (Å²) in [6, 6.07) is 14.8. The Morgan fingerprint density at radius 3 is 2.85 bits per heavy atom. The smallest absolute Gasteiger partial charge is 0.0705 e. The molecule has 20 heavy (non-hydrogen) atoms. The zero-order valence-electron chi connectivity index (χ0n) is 11.3. The van der Waals surface area contributed by atoms with E-state index in [1.807, 2.05) is 17.4 Å². The van der Waals surface area contributed by atoms with Gasteiger partial charge in [0.15, 0.2) is 0 Å². The average Bonchev–Trinajstić information content (AvgIpc) is 2.95. The molecule has 0 fully saturated rings. The second-order valence-electron chi connectivity index (χ2n) is 4.83. The number of fused-ring (bicyclic) bond motifs is 1. The number of benzene rings is 1. The maximum absolute atomic E-state index is 4.76. The van der Waals surface area contributed by atoms with E-state index in [2.05, 4.69) is 64.6 Å². The van der Waals surface area contributed by atoms with Crippen LogP contribution in [-0.4, -0.2) is 4.98 Å². The number of pyridine rings is 1. The van der Waals surface area contributed by atoms with E-state index in [4.69, 9.17) is 4.98 Å². The van der Waals surface area contributed by atoms with Crippen LogP contribution in [0.4, 0.5) is 0 Å². The Balaban J connectivity index is 1.85. The quantitative estimate of drug-likeness (QED) is 0.566. The second-order valence-corrected chi connectivity index (χ2v) is 6.88. The van der Waals surface area contributed by atoms with Gasteiger partial charge >= 0.3 is 0 Å². The lowest BCUT2D eigenvalue weighted by Crippen LogP contribution is -1.98. The molecule has 0 aliphatic carbocycles. The first kappa shape index (κ1) is 13.8. The molecule has 102 valence electrons. The van der Waals surface area contributed by atoms with Gasteiger partial charge in [0.1, 0.15) is 0 Å². The van der Waals surface area contributed by atoms with Gasteiger partial charge in [0, 0.05) is 22.4 Å². The van der Waals surface area contributed by atoms with Gasteiger partial charge in [-0.1, -0.05) is 47.1 Å². The summed E-state index contributed by atoms with van der Waals surface area (Å²) < 4.78 is 0. The van der Waals surface area contributed by atoms with Crippen LogP contribution in [0.1, 0.15) is 27.9 Å². The minimum atomic E-state index is 0.353. The molecule has 0 aliphatic rings. The van der Waals surface area contributed by atoms with Crippen LogP contribution in [0, 0.1) is 0 Å². The van der Waals surface area contributed by atoms with Crippen molar-refractivity contribution in [3.05, 3.63) is 64.0 Å². The third-order valence-corrected chi connectivity index (χ3v) is 5.65. The summed E-state index contributed by atoms with van der Waals surface area (Å²) in [6.45, 7) is 2.21. The Morgan fingerprint density at radius 1 is 1.15 bits per heavy atom. The predicted octanol–water partition coefficient (Wildman–Crippen LogP) is 5.54. The van der Waals surface area contributed by atoms with Crippen LogP contribution in [0.15, 0.2) is 47.8 Å². The van der Waals surface area contributed by atoms with Crippen molar-refractivity contribution in [3.63, 3.8) is 0 Å². The fourth-order valence-corrected chi connectivity index (χ4v) is 4.34. The van der Waals surface area contributed by atoms with E-state index in [1.165, 1.54) is 15.8 Å². The largest absolute Gasteiger partial charge is 0.253 e.